The average molecular weight is 442 g/mol. The zero-order valence-electron chi connectivity index (χ0n) is 17.0. The first-order valence-electron chi connectivity index (χ1n) is 10.1. The monoisotopic (exact) mass is 441 g/mol. The van der Waals surface area contributed by atoms with Crippen LogP contribution in [0.5, 0.6) is 0 Å². The van der Waals surface area contributed by atoms with E-state index in [1.165, 1.54) is 12.1 Å². The van der Waals surface area contributed by atoms with Crippen molar-refractivity contribution in [2.75, 3.05) is 5.32 Å². The number of aliphatic hydroxyl groups is 1. The molecule has 1 unspecified atom stereocenters. The summed E-state index contributed by atoms with van der Waals surface area (Å²) in [5.41, 5.74) is 3.40. The van der Waals surface area contributed by atoms with Crippen molar-refractivity contribution in [2.24, 2.45) is 0 Å². The quantitative estimate of drug-likeness (QED) is 0.351. The summed E-state index contributed by atoms with van der Waals surface area (Å²) in [6.07, 6.45) is -1.31. The standard InChI is InChI=1S/C27H20ClNO3/c28-24-17-20(15-16-23(24)26(31)25(30)19-11-5-2-6-12-19)29-27(32)22-14-8-7-13-21(22)18-9-3-1-4-10-18/h1-17,25,30H,(H,29,32). The van der Waals surface area contributed by atoms with E-state index < -0.39 is 11.9 Å². The molecule has 5 heteroatoms. The second-order valence-corrected chi connectivity index (χ2v) is 7.65. The number of benzene rings is 4. The first-order valence-corrected chi connectivity index (χ1v) is 10.4. The number of aliphatic hydroxyl groups excluding tert-OH is 1. The molecule has 0 aliphatic heterocycles. The molecule has 0 radical (unpaired) electrons. The molecule has 1 atom stereocenters. The Kier molecular flexibility index (Phi) is 6.45. The largest absolute Gasteiger partial charge is 0.380 e. The number of ketones is 1. The molecule has 0 aromatic heterocycles. The highest BCUT2D eigenvalue weighted by Crippen LogP contribution is 2.28. The molecular formula is C27H20ClNO3. The minimum atomic E-state index is -1.31. The lowest BCUT2D eigenvalue weighted by Gasteiger charge is -2.13. The maximum atomic E-state index is 13.0. The van der Waals surface area contributed by atoms with Gasteiger partial charge in [-0.05, 0) is 41.0 Å². The zero-order chi connectivity index (χ0) is 22.5. The smallest absolute Gasteiger partial charge is 0.256 e. The maximum absolute atomic E-state index is 13.0. The van der Waals surface area contributed by atoms with Crippen LogP contribution in [0.25, 0.3) is 11.1 Å². The van der Waals surface area contributed by atoms with Gasteiger partial charge < -0.3 is 10.4 Å². The van der Waals surface area contributed by atoms with Gasteiger partial charge in [0, 0.05) is 16.8 Å². The number of anilines is 1. The minimum Gasteiger partial charge on any atom is -0.380 e. The molecular weight excluding hydrogens is 422 g/mol. The first kappa shape index (κ1) is 21.5. The Hall–Kier alpha value is -3.73. The van der Waals surface area contributed by atoms with Gasteiger partial charge in [-0.3, -0.25) is 9.59 Å². The van der Waals surface area contributed by atoms with Gasteiger partial charge in [0.15, 0.2) is 5.78 Å². The van der Waals surface area contributed by atoms with Crippen LogP contribution in [-0.4, -0.2) is 16.8 Å². The number of amides is 1. The number of Topliss-reactive ketones (excluding diaryl/α,β-unsaturated/α-hetero) is 1. The molecule has 0 fully saturated rings. The molecule has 4 aromatic carbocycles. The lowest BCUT2D eigenvalue weighted by Crippen LogP contribution is -2.15. The molecule has 0 aliphatic carbocycles. The summed E-state index contributed by atoms with van der Waals surface area (Å²) in [7, 11) is 0. The number of hydrogen-bond acceptors (Lipinski definition) is 3. The van der Waals surface area contributed by atoms with Gasteiger partial charge in [0.2, 0.25) is 0 Å². The Balaban J connectivity index is 1.55. The highest BCUT2D eigenvalue weighted by molar-refractivity contribution is 6.34. The predicted molar refractivity (Wildman–Crippen MR) is 127 cm³/mol. The molecule has 0 heterocycles. The van der Waals surface area contributed by atoms with Gasteiger partial charge in [0.1, 0.15) is 6.10 Å². The molecule has 0 aliphatic rings. The highest BCUT2D eigenvalue weighted by atomic mass is 35.5. The molecule has 158 valence electrons. The van der Waals surface area contributed by atoms with E-state index >= 15 is 0 Å². The van der Waals surface area contributed by atoms with Gasteiger partial charge in [0.25, 0.3) is 5.91 Å². The second-order valence-electron chi connectivity index (χ2n) is 7.24. The SMILES string of the molecule is O=C(Nc1ccc(C(=O)C(O)c2ccccc2)c(Cl)c1)c1ccccc1-c1ccccc1. The molecule has 4 aromatic rings. The summed E-state index contributed by atoms with van der Waals surface area (Å²) in [5.74, 6) is -0.794. The van der Waals surface area contributed by atoms with Crippen molar-refractivity contribution >= 4 is 29.0 Å². The number of rotatable bonds is 6. The van der Waals surface area contributed by atoms with Gasteiger partial charge in [0.05, 0.1) is 5.02 Å². The van der Waals surface area contributed by atoms with Crippen molar-refractivity contribution in [1.29, 1.82) is 0 Å². The molecule has 0 bridgehead atoms. The second kappa shape index (κ2) is 9.60. The fraction of sp³-hybridized carbons (Fsp3) is 0.0370. The molecule has 4 nitrogen and oxygen atoms in total. The van der Waals surface area contributed by atoms with Crippen molar-refractivity contribution in [3.63, 3.8) is 0 Å². The molecule has 1 amide bonds. The summed E-state index contributed by atoms with van der Waals surface area (Å²) in [6.45, 7) is 0. The van der Waals surface area contributed by atoms with Crippen LogP contribution in [0.15, 0.2) is 103 Å². The average Bonchev–Trinajstić information content (AvgIpc) is 2.84. The third-order valence-electron chi connectivity index (χ3n) is 5.11. The third kappa shape index (κ3) is 4.62. The Bertz CT molecular complexity index is 1260. The summed E-state index contributed by atoms with van der Waals surface area (Å²) in [4.78, 5) is 25.7. The van der Waals surface area contributed by atoms with Gasteiger partial charge in [-0.25, -0.2) is 0 Å². The van der Waals surface area contributed by atoms with Crippen LogP contribution >= 0.6 is 11.6 Å². The van der Waals surface area contributed by atoms with E-state index in [1.807, 2.05) is 42.5 Å². The van der Waals surface area contributed by atoms with Crippen LogP contribution in [0.4, 0.5) is 5.69 Å². The first-order chi connectivity index (χ1) is 15.5. The number of nitrogens with one attached hydrogen (secondary N) is 1. The van der Waals surface area contributed by atoms with Crippen LogP contribution in [-0.2, 0) is 0 Å². The Morgan fingerprint density at radius 3 is 2.06 bits per heavy atom. The van der Waals surface area contributed by atoms with E-state index in [-0.39, 0.29) is 16.5 Å². The topological polar surface area (TPSA) is 66.4 Å². The number of carbonyl (C=O) groups is 2. The minimum absolute atomic E-state index is 0.152. The van der Waals surface area contributed by atoms with Crippen LogP contribution in [0.2, 0.25) is 5.02 Å². The lowest BCUT2D eigenvalue weighted by molar-refractivity contribution is 0.0747. The van der Waals surface area contributed by atoms with E-state index in [1.54, 1.807) is 48.5 Å². The van der Waals surface area contributed by atoms with E-state index in [9.17, 15) is 14.7 Å². The molecule has 2 N–H and O–H groups in total. The van der Waals surface area contributed by atoms with E-state index in [0.29, 0.717) is 16.8 Å². The lowest BCUT2D eigenvalue weighted by atomic mass is 9.98. The van der Waals surface area contributed by atoms with Crippen molar-refractivity contribution < 1.29 is 14.7 Å². The van der Waals surface area contributed by atoms with E-state index in [2.05, 4.69) is 5.32 Å². The van der Waals surface area contributed by atoms with Crippen molar-refractivity contribution in [3.8, 4) is 11.1 Å². The fourth-order valence-electron chi connectivity index (χ4n) is 3.48. The molecule has 0 saturated carbocycles. The van der Waals surface area contributed by atoms with Crippen LogP contribution < -0.4 is 5.32 Å². The van der Waals surface area contributed by atoms with Crippen molar-refractivity contribution in [2.45, 2.75) is 6.10 Å². The highest BCUT2D eigenvalue weighted by Gasteiger charge is 2.22. The Morgan fingerprint density at radius 2 is 1.38 bits per heavy atom. The van der Waals surface area contributed by atoms with Gasteiger partial charge in [-0.1, -0.05) is 90.5 Å². The summed E-state index contributed by atoms with van der Waals surface area (Å²) in [6, 6.07) is 30.3. The Labute approximate surface area is 191 Å². The summed E-state index contributed by atoms with van der Waals surface area (Å²) >= 11 is 6.33. The van der Waals surface area contributed by atoms with Gasteiger partial charge in [-0.15, -0.1) is 0 Å². The third-order valence-corrected chi connectivity index (χ3v) is 5.43. The van der Waals surface area contributed by atoms with E-state index in [4.69, 9.17) is 11.6 Å². The summed E-state index contributed by atoms with van der Waals surface area (Å²) < 4.78 is 0. The summed E-state index contributed by atoms with van der Waals surface area (Å²) in [5, 5.41) is 13.4. The molecule has 0 saturated heterocycles. The van der Waals surface area contributed by atoms with Gasteiger partial charge >= 0.3 is 0 Å². The predicted octanol–water partition coefficient (Wildman–Crippen LogP) is 6.18. The van der Waals surface area contributed by atoms with Crippen LogP contribution in [0, 0.1) is 0 Å². The van der Waals surface area contributed by atoms with Gasteiger partial charge in [-0.2, -0.15) is 0 Å². The van der Waals surface area contributed by atoms with Crippen LogP contribution in [0.1, 0.15) is 32.4 Å². The normalized spacial score (nSPS) is 11.6. The fourth-order valence-corrected chi connectivity index (χ4v) is 3.75. The zero-order valence-corrected chi connectivity index (χ0v) is 17.8. The molecule has 32 heavy (non-hydrogen) atoms. The van der Waals surface area contributed by atoms with Crippen LogP contribution in [0.3, 0.4) is 0 Å². The van der Waals surface area contributed by atoms with Crippen molar-refractivity contribution in [3.05, 3.63) is 125 Å². The number of hydrogen-bond donors (Lipinski definition) is 2. The molecule has 0 spiro atoms. The number of carbonyl (C=O) groups excluding carboxylic acids is 2. The maximum Gasteiger partial charge on any atom is 0.256 e. The number of halogens is 1. The Morgan fingerprint density at radius 1 is 0.750 bits per heavy atom. The van der Waals surface area contributed by atoms with Crippen molar-refractivity contribution in [1.82, 2.24) is 0 Å². The molecule has 4 rings (SSSR count). The van der Waals surface area contributed by atoms with E-state index in [0.717, 1.165) is 11.1 Å².